The zero-order chi connectivity index (χ0) is 14.3. The number of hydrogen-bond donors (Lipinski definition) is 0. The molecule has 3 aromatic rings. The van der Waals surface area contributed by atoms with Crippen molar-refractivity contribution in [1.82, 2.24) is 14.5 Å². The number of aromatic nitrogens is 3. The van der Waals surface area contributed by atoms with E-state index in [-0.39, 0.29) is 0 Å². The van der Waals surface area contributed by atoms with Crippen LogP contribution in [0.4, 0.5) is 0 Å². The Labute approximate surface area is 127 Å². The summed E-state index contributed by atoms with van der Waals surface area (Å²) in [5.74, 6) is 0. The predicted molar refractivity (Wildman–Crippen MR) is 82.6 cm³/mol. The first-order valence-electron chi connectivity index (χ1n) is 6.27. The van der Waals surface area contributed by atoms with Gasteiger partial charge in [0.15, 0.2) is 0 Å². The van der Waals surface area contributed by atoms with Crippen LogP contribution in [0.2, 0.25) is 10.2 Å². The van der Waals surface area contributed by atoms with Crippen LogP contribution >= 0.6 is 23.2 Å². The van der Waals surface area contributed by atoms with Crippen molar-refractivity contribution in [2.75, 3.05) is 0 Å². The second-order valence-corrected chi connectivity index (χ2v) is 5.65. The average Bonchev–Trinajstić information content (AvgIpc) is 2.77. The van der Waals surface area contributed by atoms with E-state index in [0.29, 0.717) is 16.7 Å². The predicted octanol–water partition coefficient (Wildman–Crippen LogP) is 4.40. The van der Waals surface area contributed by atoms with Gasteiger partial charge in [-0.25, -0.2) is 9.97 Å². The number of pyridine rings is 1. The van der Waals surface area contributed by atoms with Crippen LogP contribution in [0.1, 0.15) is 16.8 Å². The van der Waals surface area contributed by atoms with Gasteiger partial charge in [-0.3, -0.25) is 0 Å². The molecular weight excluding hydrogens is 293 g/mol. The average molecular weight is 306 g/mol. The second-order valence-electron chi connectivity index (χ2n) is 4.86. The zero-order valence-electron chi connectivity index (χ0n) is 11.2. The van der Waals surface area contributed by atoms with Crippen LogP contribution in [0.5, 0.6) is 0 Å². The van der Waals surface area contributed by atoms with E-state index < -0.39 is 0 Å². The SMILES string of the molecule is Cc1cc2ncn(Cc3nc(Cl)ccc3Cl)c2cc1C. The Morgan fingerprint density at radius 1 is 1.10 bits per heavy atom. The molecule has 102 valence electrons. The van der Waals surface area contributed by atoms with Gasteiger partial charge in [0, 0.05) is 0 Å². The Bertz CT molecular complexity index is 793. The number of halogens is 2. The first-order chi connectivity index (χ1) is 9.54. The Hall–Kier alpha value is -1.58. The quantitative estimate of drug-likeness (QED) is 0.657. The van der Waals surface area contributed by atoms with Crippen LogP contribution in [0, 0.1) is 13.8 Å². The summed E-state index contributed by atoms with van der Waals surface area (Å²) in [5.41, 5.74) is 5.28. The summed E-state index contributed by atoms with van der Waals surface area (Å²) in [6, 6.07) is 7.68. The number of imidazole rings is 1. The van der Waals surface area contributed by atoms with Gasteiger partial charge < -0.3 is 4.57 Å². The molecule has 0 saturated carbocycles. The van der Waals surface area contributed by atoms with Crippen LogP contribution in [0.25, 0.3) is 11.0 Å². The molecule has 0 radical (unpaired) electrons. The fourth-order valence-corrected chi connectivity index (χ4v) is 2.50. The fraction of sp³-hybridized carbons (Fsp3) is 0.200. The molecule has 0 bridgehead atoms. The molecule has 0 amide bonds. The molecule has 5 heteroatoms. The molecule has 0 aliphatic heterocycles. The minimum atomic E-state index is 0.445. The highest BCUT2D eigenvalue weighted by atomic mass is 35.5. The number of aryl methyl sites for hydroxylation is 2. The van der Waals surface area contributed by atoms with Crippen molar-refractivity contribution in [3.63, 3.8) is 0 Å². The third-order valence-electron chi connectivity index (χ3n) is 3.44. The lowest BCUT2D eigenvalue weighted by Gasteiger charge is -2.07. The number of benzene rings is 1. The van der Waals surface area contributed by atoms with Crippen molar-refractivity contribution in [1.29, 1.82) is 0 Å². The highest BCUT2D eigenvalue weighted by Crippen LogP contribution is 2.22. The number of fused-ring (bicyclic) bond motifs is 1. The molecule has 2 heterocycles. The normalized spacial score (nSPS) is 11.2. The lowest BCUT2D eigenvalue weighted by Crippen LogP contribution is -2.01. The van der Waals surface area contributed by atoms with Gasteiger partial charge >= 0.3 is 0 Å². The van der Waals surface area contributed by atoms with Gasteiger partial charge in [-0.2, -0.15) is 0 Å². The molecule has 0 N–H and O–H groups in total. The highest BCUT2D eigenvalue weighted by molar-refractivity contribution is 6.32. The van der Waals surface area contributed by atoms with E-state index in [1.165, 1.54) is 11.1 Å². The summed E-state index contributed by atoms with van der Waals surface area (Å²) in [4.78, 5) is 8.71. The molecule has 0 spiro atoms. The standard InChI is InChI=1S/C15H13Cl2N3/c1-9-5-12-14(6-10(9)2)20(8-18-12)7-13-11(16)3-4-15(17)19-13/h3-6,8H,7H2,1-2H3. The highest BCUT2D eigenvalue weighted by Gasteiger charge is 2.09. The zero-order valence-corrected chi connectivity index (χ0v) is 12.7. The Morgan fingerprint density at radius 3 is 2.65 bits per heavy atom. The summed E-state index contributed by atoms with van der Waals surface area (Å²) < 4.78 is 2.03. The first kappa shape index (κ1) is 13.4. The third-order valence-corrected chi connectivity index (χ3v) is 4.00. The summed E-state index contributed by atoms with van der Waals surface area (Å²) in [7, 11) is 0. The van der Waals surface area contributed by atoms with Gasteiger partial charge in [-0.15, -0.1) is 0 Å². The van der Waals surface area contributed by atoms with Crippen LogP contribution in [0.15, 0.2) is 30.6 Å². The molecule has 0 aliphatic rings. The summed E-state index contributed by atoms with van der Waals surface area (Å²) >= 11 is 12.1. The molecule has 3 rings (SSSR count). The van der Waals surface area contributed by atoms with Crippen molar-refractivity contribution in [3.05, 3.63) is 57.6 Å². The van der Waals surface area contributed by atoms with Crippen molar-refractivity contribution < 1.29 is 0 Å². The molecule has 20 heavy (non-hydrogen) atoms. The van der Waals surface area contributed by atoms with Gasteiger partial charge in [-0.05, 0) is 49.2 Å². The minimum absolute atomic E-state index is 0.445. The van der Waals surface area contributed by atoms with E-state index in [4.69, 9.17) is 23.2 Å². The van der Waals surface area contributed by atoms with Gasteiger partial charge in [0.1, 0.15) is 5.15 Å². The summed E-state index contributed by atoms with van der Waals surface area (Å²) in [6.45, 7) is 4.73. The summed E-state index contributed by atoms with van der Waals surface area (Å²) in [6.07, 6.45) is 1.81. The van der Waals surface area contributed by atoms with Crippen molar-refractivity contribution >= 4 is 34.2 Å². The maximum Gasteiger partial charge on any atom is 0.129 e. The van der Waals surface area contributed by atoms with E-state index in [1.807, 2.05) is 10.9 Å². The fourth-order valence-electron chi connectivity index (χ4n) is 2.17. The number of hydrogen-bond acceptors (Lipinski definition) is 2. The lowest BCUT2D eigenvalue weighted by molar-refractivity contribution is 0.797. The Morgan fingerprint density at radius 2 is 1.85 bits per heavy atom. The van der Waals surface area contributed by atoms with E-state index in [1.54, 1.807) is 12.1 Å². The monoisotopic (exact) mass is 305 g/mol. The molecule has 0 saturated heterocycles. The number of rotatable bonds is 2. The lowest BCUT2D eigenvalue weighted by atomic mass is 10.1. The largest absolute Gasteiger partial charge is 0.324 e. The van der Waals surface area contributed by atoms with E-state index in [2.05, 4.69) is 35.9 Å². The maximum absolute atomic E-state index is 6.17. The topological polar surface area (TPSA) is 30.7 Å². The van der Waals surface area contributed by atoms with Crippen molar-refractivity contribution in [3.8, 4) is 0 Å². The first-order valence-corrected chi connectivity index (χ1v) is 7.03. The smallest absolute Gasteiger partial charge is 0.129 e. The van der Waals surface area contributed by atoms with E-state index in [9.17, 15) is 0 Å². The molecule has 2 aromatic heterocycles. The second kappa shape index (κ2) is 5.08. The van der Waals surface area contributed by atoms with Crippen molar-refractivity contribution in [2.24, 2.45) is 0 Å². The molecular formula is C15H13Cl2N3. The minimum Gasteiger partial charge on any atom is -0.324 e. The third kappa shape index (κ3) is 2.39. The molecule has 0 atom stereocenters. The van der Waals surface area contributed by atoms with Gasteiger partial charge in [0.25, 0.3) is 0 Å². The maximum atomic E-state index is 6.17. The molecule has 0 aliphatic carbocycles. The van der Waals surface area contributed by atoms with E-state index in [0.717, 1.165) is 16.7 Å². The molecule has 0 unspecified atom stereocenters. The van der Waals surface area contributed by atoms with Crippen LogP contribution in [0.3, 0.4) is 0 Å². The Balaban J connectivity index is 2.07. The van der Waals surface area contributed by atoms with Gasteiger partial charge in [-0.1, -0.05) is 23.2 Å². The van der Waals surface area contributed by atoms with Gasteiger partial charge in [0.05, 0.1) is 34.6 Å². The van der Waals surface area contributed by atoms with E-state index >= 15 is 0 Å². The van der Waals surface area contributed by atoms with Crippen LogP contribution in [-0.4, -0.2) is 14.5 Å². The Kier molecular flexibility index (Phi) is 3.40. The molecule has 1 aromatic carbocycles. The molecule has 3 nitrogen and oxygen atoms in total. The van der Waals surface area contributed by atoms with Crippen LogP contribution in [-0.2, 0) is 6.54 Å². The molecule has 0 fully saturated rings. The number of nitrogens with zero attached hydrogens (tertiary/aromatic N) is 3. The van der Waals surface area contributed by atoms with Crippen molar-refractivity contribution in [2.45, 2.75) is 20.4 Å². The van der Waals surface area contributed by atoms with Crippen LogP contribution < -0.4 is 0 Å². The summed E-state index contributed by atoms with van der Waals surface area (Å²) in [5, 5.41) is 1.06. The van der Waals surface area contributed by atoms with Gasteiger partial charge in [0.2, 0.25) is 0 Å².